The summed E-state index contributed by atoms with van der Waals surface area (Å²) in [6.45, 7) is 8.36. The van der Waals surface area contributed by atoms with Gasteiger partial charge in [-0.25, -0.2) is 0 Å². The monoisotopic (exact) mass is 230 g/mol. The average molecular weight is 230 g/mol. The Morgan fingerprint density at radius 3 is 2.80 bits per heavy atom. The third kappa shape index (κ3) is 4.33. The van der Waals surface area contributed by atoms with E-state index in [1.807, 2.05) is 11.8 Å². The van der Waals surface area contributed by atoms with Crippen molar-refractivity contribution >= 4 is 11.8 Å². The quantitative estimate of drug-likeness (QED) is 0.778. The Balaban J connectivity index is 2.37. The molecule has 1 rings (SSSR count). The lowest BCUT2D eigenvalue weighted by Gasteiger charge is -2.39. The number of thioether (sulfide) groups is 1. The summed E-state index contributed by atoms with van der Waals surface area (Å²) in [6, 6.07) is 0.693. The molecular formula is C12H26N2S. The van der Waals surface area contributed by atoms with Crippen LogP contribution in [0.25, 0.3) is 0 Å². The van der Waals surface area contributed by atoms with Crippen molar-refractivity contribution in [1.29, 1.82) is 0 Å². The zero-order chi connectivity index (χ0) is 11.3. The van der Waals surface area contributed by atoms with Crippen molar-refractivity contribution in [3.05, 3.63) is 0 Å². The molecule has 1 N–H and O–H groups in total. The minimum Gasteiger partial charge on any atom is -0.316 e. The van der Waals surface area contributed by atoms with Crippen LogP contribution in [-0.4, -0.2) is 49.6 Å². The first-order valence-corrected chi connectivity index (χ1v) is 7.37. The fraction of sp³-hybridized carbons (Fsp3) is 1.00. The van der Waals surface area contributed by atoms with Gasteiger partial charge in [-0.3, -0.25) is 0 Å². The van der Waals surface area contributed by atoms with E-state index >= 15 is 0 Å². The van der Waals surface area contributed by atoms with Gasteiger partial charge >= 0.3 is 0 Å². The van der Waals surface area contributed by atoms with Crippen LogP contribution in [-0.2, 0) is 0 Å². The summed E-state index contributed by atoms with van der Waals surface area (Å²) in [5.41, 5.74) is 0.486. The van der Waals surface area contributed by atoms with Crippen LogP contribution in [0, 0.1) is 5.41 Å². The van der Waals surface area contributed by atoms with Gasteiger partial charge in [0.15, 0.2) is 0 Å². The molecule has 0 aromatic rings. The molecule has 1 aliphatic rings. The van der Waals surface area contributed by atoms with E-state index in [0.29, 0.717) is 11.5 Å². The first kappa shape index (κ1) is 13.3. The summed E-state index contributed by atoms with van der Waals surface area (Å²) < 4.78 is 0. The highest BCUT2D eigenvalue weighted by molar-refractivity contribution is 7.98. The summed E-state index contributed by atoms with van der Waals surface area (Å²) in [5, 5.41) is 3.52. The molecule has 1 saturated heterocycles. The second kappa shape index (κ2) is 6.12. The molecule has 2 nitrogen and oxygen atoms in total. The fourth-order valence-electron chi connectivity index (χ4n) is 2.38. The Labute approximate surface area is 99.2 Å². The molecule has 0 saturated carbocycles. The molecule has 2 atom stereocenters. The highest BCUT2D eigenvalue weighted by Gasteiger charge is 2.28. The summed E-state index contributed by atoms with van der Waals surface area (Å²) in [6.07, 6.45) is 4.89. The molecule has 0 aromatic heterocycles. The van der Waals surface area contributed by atoms with Crippen molar-refractivity contribution in [3.63, 3.8) is 0 Å². The maximum absolute atomic E-state index is 3.52. The van der Waals surface area contributed by atoms with Gasteiger partial charge in [0.25, 0.3) is 0 Å². The lowest BCUT2D eigenvalue weighted by atomic mass is 9.82. The Bertz CT molecular complexity index is 178. The topological polar surface area (TPSA) is 15.3 Å². The van der Waals surface area contributed by atoms with Gasteiger partial charge in [-0.05, 0) is 45.0 Å². The Morgan fingerprint density at radius 2 is 2.27 bits per heavy atom. The number of hydrogen-bond donors (Lipinski definition) is 1. The number of piperidine rings is 1. The van der Waals surface area contributed by atoms with Crippen molar-refractivity contribution < 1.29 is 0 Å². The van der Waals surface area contributed by atoms with Crippen LogP contribution in [0.15, 0.2) is 0 Å². The predicted molar refractivity (Wildman–Crippen MR) is 70.7 cm³/mol. The van der Waals surface area contributed by atoms with Crippen LogP contribution in [0.1, 0.15) is 26.7 Å². The van der Waals surface area contributed by atoms with E-state index in [0.717, 1.165) is 0 Å². The zero-order valence-corrected chi connectivity index (χ0v) is 11.5. The van der Waals surface area contributed by atoms with Crippen molar-refractivity contribution in [2.45, 2.75) is 32.7 Å². The molecule has 1 heterocycles. The molecule has 0 amide bonds. The molecule has 3 heteroatoms. The maximum Gasteiger partial charge on any atom is 0.0155 e. The second-order valence-electron chi connectivity index (χ2n) is 5.31. The van der Waals surface area contributed by atoms with Crippen LogP contribution >= 0.6 is 11.8 Å². The van der Waals surface area contributed by atoms with E-state index < -0.39 is 0 Å². The summed E-state index contributed by atoms with van der Waals surface area (Å²) in [5.74, 6) is 1.24. The first-order chi connectivity index (χ1) is 7.07. The molecule has 1 aliphatic heterocycles. The largest absolute Gasteiger partial charge is 0.316 e. The van der Waals surface area contributed by atoms with E-state index in [1.165, 1.54) is 38.2 Å². The molecular weight excluding hydrogens is 204 g/mol. The van der Waals surface area contributed by atoms with Gasteiger partial charge in [0, 0.05) is 24.9 Å². The Morgan fingerprint density at radius 1 is 1.53 bits per heavy atom. The number of nitrogens with one attached hydrogen (secondary N) is 1. The molecule has 0 bridgehead atoms. The summed E-state index contributed by atoms with van der Waals surface area (Å²) >= 11 is 1.94. The molecule has 90 valence electrons. The van der Waals surface area contributed by atoms with Crippen LogP contribution in [0.2, 0.25) is 0 Å². The van der Waals surface area contributed by atoms with Gasteiger partial charge in [0.05, 0.1) is 0 Å². The predicted octanol–water partition coefficient (Wildman–Crippen LogP) is 2.06. The van der Waals surface area contributed by atoms with E-state index in [-0.39, 0.29) is 0 Å². The first-order valence-electron chi connectivity index (χ1n) is 5.97. The van der Waals surface area contributed by atoms with Gasteiger partial charge in [-0.15, -0.1) is 0 Å². The molecule has 0 spiro atoms. The van der Waals surface area contributed by atoms with Crippen LogP contribution < -0.4 is 5.32 Å². The molecule has 15 heavy (non-hydrogen) atoms. The van der Waals surface area contributed by atoms with Crippen molar-refractivity contribution in [2.24, 2.45) is 5.41 Å². The molecule has 0 radical (unpaired) electrons. The molecule has 0 aliphatic carbocycles. The highest BCUT2D eigenvalue weighted by Crippen LogP contribution is 2.26. The normalized spacial score (nSPS) is 29.4. The van der Waals surface area contributed by atoms with Crippen LogP contribution in [0.4, 0.5) is 0 Å². The number of hydrogen-bond acceptors (Lipinski definition) is 3. The Kier molecular flexibility index (Phi) is 5.44. The third-order valence-corrected chi connectivity index (χ3v) is 4.29. The smallest absolute Gasteiger partial charge is 0.0155 e. The lowest BCUT2D eigenvalue weighted by Crippen LogP contribution is -2.47. The van der Waals surface area contributed by atoms with Gasteiger partial charge in [-0.1, -0.05) is 6.92 Å². The number of rotatable bonds is 5. The van der Waals surface area contributed by atoms with Crippen LogP contribution in [0.3, 0.4) is 0 Å². The SMILES string of the molecule is CSCC(C)N(C)CC1(C)CCCNC1. The average Bonchev–Trinajstić information content (AvgIpc) is 2.18. The van der Waals surface area contributed by atoms with Gasteiger partial charge in [0.1, 0.15) is 0 Å². The molecule has 1 fully saturated rings. The van der Waals surface area contributed by atoms with Gasteiger partial charge < -0.3 is 10.2 Å². The maximum atomic E-state index is 3.52. The van der Waals surface area contributed by atoms with E-state index in [2.05, 4.69) is 37.4 Å². The lowest BCUT2D eigenvalue weighted by molar-refractivity contribution is 0.133. The minimum atomic E-state index is 0.486. The van der Waals surface area contributed by atoms with Gasteiger partial charge in [-0.2, -0.15) is 11.8 Å². The van der Waals surface area contributed by atoms with Crippen molar-refractivity contribution in [2.75, 3.05) is 38.7 Å². The minimum absolute atomic E-state index is 0.486. The fourth-order valence-corrected chi connectivity index (χ4v) is 3.12. The standard InChI is InChI=1S/C12H26N2S/c1-11(8-15-4)14(3)10-12(2)6-5-7-13-9-12/h11,13H,5-10H2,1-4H3. The molecule has 0 aromatic carbocycles. The van der Waals surface area contributed by atoms with Crippen molar-refractivity contribution in [1.82, 2.24) is 10.2 Å². The van der Waals surface area contributed by atoms with Crippen molar-refractivity contribution in [3.8, 4) is 0 Å². The van der Waals surface area contributed by atoms with E-state index in [1.54, 1.807) is 0 Å². The third-order valence-electron chi connectivity index (χ3n) is 3.48. The summed E-state index contributed by atoms with van der Waals surface area (Å²) in [4.78, 5) is 2.52. The highest BCUT2D eigenvalue weighted by atomic mass is 32.2. The second-order valence-corrected chi connectivity index (χ2v) is 6.22. The molecule has 2 unspecified atom stereocenters. The van der Waals surface area contributed by atoms with Gasteiger partial charge in [0.2, 0.25) is 0 Å². The van der Waals surface area contributed by atoms with E-state index in [9.17, 15) is 0 Å². The summed E-state index contributed by atoms with van der Waals surface area (Å²) in [7, 11) is 2.26. The number of nitrogens with zero attached hydrogens (tertiary/aromatic N) is 1. The van der Waals surface area contributed by atoms with Crippen LogP contribution in [0.5, 0.6) is 0 Å². The zero-order valence-electron chi connectivity index (χ0n) is 10.7. The van der Waals surface area contributed by atoms with E-state index in [4.69, 9.17) is 0 Å². The Hall–Kier alpha value is 0.270.